The van der Waals surface area contributed by atoms with Crippen molar-refractivity contribution in [3.63, 3.8) is 0 Å². The largest absolute Gasteiger partial charge is 0.497 e. The minimum atomic E-state index is -5.08. The second kappa shape index (κ2) is 40.5. The fourth-order valence-corrected chi connectivity index (χ4v) is 15.4. The predicted molar refractivity (Wildman–Crippen MR) is 404 cm³/mol. The van der Waals surface area contributed by atoms with Crippen molar-refractivity contribution in [1.29, 1.82) is 0 Å². The number of anilines is 4. The number of hydrogen-bond donors (Lipinski definition) is 5. The maximum Gasteiger partial charge on any atom is 0.490 e. The first kappa shape index (κ1) is 83.2. The van der Waals surface area contributed by atoms with Gasteiger partial charge in [0.05, 0.1) is 73.2 Å². The van der Waals surface area contributed by atoms with Crippen LogP contribution in [0.3, 0.4) is 0 Å². The number of H-pyrrole nitrogens is 2. The molecule has 37 heteroatoms. The average molecular weight is 1660 g/mol. The number of carboxylic acids is 2. The van der Waals surface area contributed by atoms with Gasteiger partial charge in [-0.05, 0) is 156 Å². The minimum Gasteiger partial charge on any atom is -0.497 e. The Balaban J connectivity index is 0.000000175. The number of esters is 2. The summed E-state index contributed by atoms with van der Waals surface area (Å²) in [6.07, 6.45) is 2.10. The van der Waals surface area contributed by atoms with Gasteiger partial charge >= 0.3 is 30.1 Å². The third-order valence-electron chi connectivity index (χ3n) is 16.3. The van der Waals surface area contributed by atoms with Gasteiger partial charge in [0, 0.05) is 90.9 Å². The Hall–Kier alpha value is -6.48. The number of ether oxygens (including phenoxy) is 3. The number of methoxy groups -OCH3 is 1. The van der Waals surface area contributed by atoms with Crippen LogP contribution in [-0.2, 0) is 20.8 Å². The van der Waals surface area contributed by atoms with Crippen LogP contribution in [-0.4, -0.2) is 186 Å². The first-order chi connectivity index (χ1) is 49.7. The summed E-state index contributed by atoms with van der Waals surface area (Å²) in [6.45, 7) is 11.7. The molecule has 560 valence electrons. The van der Waals surface area contributed by atoms with Crippen LogP contribution in [0.4, 0.5) is 35.9 Å². The van der Waals surface area contributed by atoms with Gasteiger partial charge in [-0.2, -0.15) is 23.6 Å². The summed E-state index contributed by atoms with van der Waals surface area (Å²) in [5.74, 6) is -3.91. The maximum atomic E-state index is 12.6. The SMILES string of the molecule is CCOC(=O)c1n[nH]nc1SC1CCN(c2ccc(Cl)c(Cl)c2)CC1.CCOC(=O)c1nnn(Cc2ccc(OC)cc2)c1SC1CCN(c2ccc(Cl)c(Cl)c2)CC1.O=C(O)C(F)(F)F.O=C(O)c1n[nH]nc1SC1CCN(c2ccc(Cl)c(Cl)c2)CC1.OC1CCN(c2ccc(Cl)c(Cl)c2)CC1. The Bertz CT molecular complexity index is 4140. The Morgan fingerprint density at radius 2 is 0.846 bits per heavy atom. The zero-order chi connectivity index (χ0) is 75.2. The number of aromatic amines is 2. The molecule has 7 heterocycles. The number of piperidine rings is 4. The number of thioether (sulfide) groups is 3. The quantitative estimate of drug-likeness (QED) is 0.0499. The van der Waals surface area contributed by atoms with Crippen LogP contribution in [0.25, 0.3) is 0 Å². The lowest BCUT2D eigenvalue weighted by atomic mass is 10.1. The van der Waals surface area contributed by atoms with Crippen molar-refractivity contribution < 1.29 is 61.9 Å². The summed E-state index contributed by atoms with van der Waals surface area (Å²) in [5, 5.41) is 61.8. The van der Waals surface area contributed by atoms with E-state index in [0.29, 0.717) is 79.1 Å². The van der Waals surface area contributed by atoms with Crippen molar-refractivity contribution in [3.05, 3.63) is 160 Å². The number of benzene rings is 5. The summed E-state index contributed by atoms with van der Waals surface area (Å²) in [6, 6.07) is 30.5. The molecule has 12 rings (SSSR count). The molecular weight excluding hydrogens is 1580 g/mol. The number of carboxylic acid groups (broad SMARTS) is 2. The zero-order valence-corrected chi connectivity index (χ0v) is 64.5. The predicted octanol–water partition coefficient (Wildman–Crippen LogP) is 16.8. The molecule has 104 heavy (non-hydrogen) atoms. The molecule has 4 fully saturated rings. The molecule has 0 unspecified atom stereocenters. The Morgan fingerprint density at radius 1 is 0.500 bits per heavy atom. The van der Waals surface area contributed by atoms with Gasteiger partial charge in [0.25, 0.3) is 0 Å². The summed E-state index contributed by atoms with van der Waals surface area (Å²) in [4.78, 5) is 53.4. The average Bonchev–Trinajstić information content (AvgIpc) is 1.57. The molecule has 0 atom stereocenters. The highest BCUT2D eigenvalue weighted by molar-refractivity contribution is 8.00. The van der Waals surface area contributed by atoms with E-state index in [1.807, 2.05) is 91.0 Å². The lowest BCUT2D eigenvalue weighted by Crippen LogP contribution is -2.35. The first-order valence-electron chi connectivity index (χ1n) is 32.5. The number of aromatic nitrogens is 9. The Kier molecular flexibility index (Phi) is 32.4. The van der Waals surface area contributed by atoms with E-state index >= 15 is 0 Å². The Morgan fingerprint density at radius 3 is 1.19 bits per heavy atom. The topological polar surface area (TPSA) is 283 Å². The number of alkyl halides is 3. The van der Waals surface area contributed by atoms with Gasteiger partial charge in [-0.15, -0.1) is 37.3 Å². The number of nitrogens with zero attached hydrogens (tertiary/aromatic N) is 11. The van der Waals surface area contributed by atoms with Crippen LogP contribution < -0.4 is 24.3 Å². The van der Waals surface area contributed by atoms with Crippen molar-refractivity contribution in [2.24, 2.45) is 0 Å². The molecule has 0 aliphatic carbocycles. The molecule has 4 aliphatic heterocycles. The van der Waals surface area contributed by atoms with Gasteiger partial charge in [-0.25, -0.2) is 23.9 Å². The molecule has 4 saturated heterocycles. The fraction of sp³-hybridized carbons (Fsp3) is 0.403. The number of aliphatic hydroxyl groups is 1. The van der Waals surface area contributed by atoms with E-state index in [1.54, 1.807) is 55.2 Å². The summed E-state index contributed by atoms with van der Waals surface area (Å²) >= 11 is 52.9. The number of aliphatic hydroxyl groups excluding tert-OH is 1. The van der Waals surface area contributed by atoms with E-state index in [0.717, 1.165) is 143 Å². The van der Waals surface area contributed by atoms with Crippen LogP contribution in [0.1, 0.15) is 102 Å². The number of nitrogens with one attached hydrogen (secondary N) is 2. The molecule has 3 aromatic heterocycles. The van der Waals surface area contributed by atoms with E-state index in [2.05, 4.69) is 60.7 Å². The molecule has 23 nitrogen and oxygen atoms in total. The van der Waals surface area contributed by atoms with Crippen LogP contribution >= 0.6 is 128 Å². The third kappa shape index (κ3) is 24.5. The normalized spacial score (nSPS) is 15.3. The number of carbonyl (C=O) groups is 4. The highest BCUT2D eigenvalue weighted by atomic mass is 35.5. The number of rotatable bonds is 18. The lowest BCUT2D eigenvalue weighted by molar-refractivity contribution is -0.192. The first-order valence-corrected chi connectivity index (χ1v) is 38.1. The van der Waals surface area contributed by atoms with Crippen molar-refractivity contribution in [2.45, 2.75) is 115 Å². The number of halogens is 11. The standard InChI is InChI=1S/C24H26Cl2N4O3S.C16H18Cl2N4O2S.C14H14Cl2N4O2S.C11H13Cl2NO.C2HF3O2/c1-3-33-24(31)22-23(30(28-27-22)15-16-4-7-18(32-2)8-5-16)34-19-10-12-29(13-11-19)17-6-9-20(25)21(26)14-17;1-2-24-16(23)14-15(20-21-19-14)25-11-5-7-22(8-6-11)10-3-4-12(17)13(18)9-10;15-10-2-1-8(7-11(10)16)20-5-3-9(4-6-20)23-13-12(14(21)22)17-19-18-13;12-10-2-1-8(7-11(10)13)14-5-3-9(15)4-6-14;3-2(4,5)1(6)7/h4-9,14,19H,3,10-13,15H2,1-2H3;3-4,9,11H,2,5-8H2,1H3,(H,19,20,21);1-2,7,9H,3-6H2,(H,21,22)(H,17,18,19);1-2,7,9,15H,3-6H2;(H,6,7). The number of aromatic carboxylic acids is 1. The second-order valence-electron chi connectivity index (χ2n) is 23.3. The monoisotopic (exact) mass is 1650 g/mol. The van der Waals surface area contributed by atoms with Gasteiger partial charge in [0.2, 0.25) is 17.1 Å². The van der Waals surface area contributed by atoms with Crippen LogP contribution in [0.5, 0.6) is 5.75 Å². The molecule has 5 aromatic carbocycles. The molecular formula is C67H72Cl8F3N13O10S3. The van der Waals surface area contributed by atoms with Crippen molar-refractivity contribution in [2.75, 3.05) is 92.3 Å². The summed E-state index contributed by atoms with van der Waals surface area (Å²) in [5.41, 5.74) is 5.83. The van der Waals surface area contributed by atoms with Gasteiger partial charge in [0.15, 0.2) is 10.1 Å². The molecule has 0 saturated carbocycles. The molecule has 8 aromatic rings. The molecule has 0 spiro atoms. The van der Waals surface area contributed by atoms with Gasteiger partial charge in [0.1, 0.15) is 10.8 Å². The molecule has 0 bridgehead atoms. The highest BCUT2D eigenvalue weighted by Crippen LogP contribution is 2.39. The number of hydrogen-bond acceptors (Lipinski definition) is 21. The second-order valence-corrected chi connectivity index (χ2v) is 30.4. The lowest BCUT2D eigenvalue weighted by Gasteiger charge is -2.33. The number of carbonyl (C=O) groups excluding carboxylic acids is 2. The number of aliphatic carboxylic acids is 1. The third-order valence-corrected chi connectivity index (χ3v) is 23.3. The molecule has 0 radical (unpaired) electrons. The van der Waals surface area contributed by atoms with Crippen LogP contribution in [0, 0.1) is 0 Å². The van der Waals surface area contributed by atoms with Crippen LogP contribution in [0.15, 0.2) is 112 Å². The van der Waals surface area contributed by atoms with E-state index < -0.39 is 30.1 Å². The van der Waals surface area contributed by atoms with E-state index in [9.17, 15) is 32.7 Å². The van der Waals surface area contributed by atoms with Crippen molar-refractivity contribution >= 4 is 175 Å². The van der Waals surface area contributed by atoms with Gasteiger partial charge in [-0.3, -0.25) is 0 Å². The van der Waals surface area contributed by atoms with Crippen molar-refractivity contribution in [3.8, 4) is 5.75 Å². The minimum absolute atomic E-state index is 0.0121. The van der Waals surface area contributed by atoms with Gasteiger partial charge < -0.3 is 49.1 Å². The zero-order valence-electron chi connectivity index (χ0n) is 56.0. The van der Waals surface area contributed by atoms with Crippen molar-refractivity contribution in [1.82, 2.24) is 45.8 Å². The summed E-state index contributed by atoms with van der Waals surface area (Å²) < 4.78 is 49.0. The smallest absolute Gasteiger partial charge is 0.490 e. The van der Waals surface area contributed by atoms with E-state index in [1.165, 1.54) is 11.8 Å². The Labute approximate surface area is 650 Å². The van der Waals surface area contributed by atoms with Crippen LogP contribution in [0.2, 0.25) is 40.2 Å². The van der Waals surface area contributed by atoms with Gasteiger partial charge in [-0.1, -0.05) is 134 Å². The molecule has 0 amide bonds. The summed E-state index contributed by atoms with van der Waals surface area (Å²) in [7, 11) is 1.64. The van der Waals surface area contributed by atoms with E-state index in [4.69, 9.17) is 122 Å². The molecule has 5 N–H and O–H groups in total. The fourth-order valence-electron chi connectivity index (χ4n) is 10.9. The molecule has 4 aliphatic rings. The maximum absolute atomic E-state index is 12.6. The van der Waals surface area contributed by atoms with E-state index in [-0.39, 0.29) is 29.8 Å². The highest BCUT2D eigenvalue weighted by Gasteiger charge is 2.38.